The predicted octanol–water partition coefficient (Wildman–Crippen LogP) is 4.31. The second-order valence-corrected chi connectivity index (χ2v) is 7.48. The smallest absolute Gasteiger partial charge is 0.350 e. The Morgan fingerprint density at radius 1 is 1.33 bits per heavy atom. The van der Waals surface area contributed by atoms with Crippen LogP contribution in [0.4, 0.5) is 0 Å². The van der Waals surface area contributed by atoms with Crippen molar-refractivity contribution in [3.8, 4) is 5.75 Å². The fourth-order valence-electron chi connectivity index (χ4n) is 2.19. The summed E-state index contributed by atoms with van der Waals surface area (Å²) in [6.07, 6.45) is 0.766. The van der Waals surface area contributed by atoms with E-state index < -0.39 is 9.93 Å². The monoisotopic (exact) mass is 330 g/mol. The standard InChI is InChI=1S/C16H20Cl2O3/c1-10(2)15(3,14(19)20-4)21-12-7-5-11(6-8-12)13-9-16(13,17)18/h5-8,10,13H,9H2,1-4H3. The third-order valence-electron chi connectivity index (χ3n) is 4.13. The van der Waals surface area contributed by atoms with Gasteiger partial charge in [0.25, 0.3) is 0 Å². The van der Waals surface area contributed by atoms with Crippen LogP contribution >= 0.6 is 23.2 Å². The minimum Gasteiger partial charge on any atom is -0.476 e. The summed E-state index contributed by atoms with van der Waals surface area (Å²) in [5.41, 5.74) is 0.0649. The fraction of sp³-hybridized carbons (Fsp3) is 0.562. The Hall–Kier alpha value is -0.930. The van der Waals surface area contributed by atoms with E-state index in [1.54, 1.807) is 6.92 Å². The second kappa shape index (κ2) is 5.69. The molecule has 1 aliphatic rings. The van der Waals surface area contributed by atoms with E-state index >= 15 is 0 Å². The lowest BCUT2D eigenvalue weighted by Gasteiger charge is -2.31. The molecular formula is C16H20Cl2O3. The van der Waals surface area contributed by atoms with Crippen molar-refractivity contribution >= 4 is 29.2 Å². The van der Waals surface area contributed by atoms with Gasteiger partial charge in [0.1, 0.15) is 10.1 Å². The molecule has 0 bridgehead atoms. The van der Waals surface area contributed by atoms with Gasteiger partial charge in [0.15, 0.2) is 0 Å². The molecule has 0 heterocycles. The first-order valence-electron chi connectivity index (χ1n) is 6.96. The highest BCUT2D eigenvalue weighted by Crippen LogP contribution is 2.59. The van der Waals surface area contributed by atoms with E-state index in [-0.39, 0.29) is 17.8 Å². The Bertz CT molecular complexity index is 525. The molecule has 3 nitrogen and oxygen atoms in total. The maximum Gasteiger partial charge on any atom is 0.350 e. The van der Waals surface area contributed by atoms with Crippen molar-refractivity contribution in [2.75, 3.05) is 7.11 Å². The van der Waals surface area contributed by atoms with Gasteiger partial charge in [-0.3, -0.25) is 0 Å². The van der Waals surface area contributed by atoms with Crippen molar-refractivity contribution in [2.45, 2.75) is 43.0 Å². The Kier molecular flexibility index (Phi) is 4.46. The van der Waals surface area contributed by atoms with Gasteiger partial charge in [-0.15, -0.1) is 23.2 Å². The van der Waals surface area contributed by atoms with Crippen LogP contribution in [0, 0.1) is 5.92 Å². The van der Waals surface area contributed by atoms with Gasteiger partial charge in [0.05, 0.1) is 7.11 Å². The molecule has 1 fully saturated rings. The van der Waals surface area contributed by atoms with Crippen LogP contribution < -0.4 is 4.74 Å². The van der Waals surface area contributed by atoms with E-state index in [1.165, 1.54) is 7.11 Å². The van der Waals surface area contributed by atoms with Gasteiger partial charge in [-0.05, 0) is 31.0 Å². The van der Waals surface area contributed by atoms with E-state index in [0.29, 0.717) is 5.75 Å². The molecule has 0 N–H and O–H groups in total. The van der Waals surface area contributed by atoms with Gasteiger partial charge in [-0.2, -0.15) is 0 Å². The molecule has 0 spiro atoms. The normalized spacial score (nSPS) is 22.5. The summed E-state index contributed by atoms with van der Waals surface area (Å²) < 4.78 is 10.1. The van der Waals surface area contributed by atoms with Crippen molar-refractivity contribution in [3.05, 3.63) is 29.8 Å². The molecule has 5 heteroatoms. The van der Waals surface area contributed by atoms with Crippen LogP contribution in [-0.4, -0.2) is 23.0 Å². The summed E-state index contributed by atoms with van der Waals surface area (Å²) in [5.74, 6) is 0.387. The number of ether oxygens (including phenoxy) is 2. The minimum absolute atomic E-state index is 0.0219. The van der Waals surface area contributed by atoms with Crippen LogP contribution in [0.3, 0.4) is 0 Å². The fourth-order valence-corrected chi connectivity index (χ4v) is 2.75. The van der Waals surface area contributed by atoms with Crippen molar-refractivity contribution in [1.82, 2.24) is 0 Å². The summed E-state index contributed by atoms with van der Waals surface area (Å²) >= 11 is 12.1. The summed E-state index contributed by atoms with van der Waals surface area (Å²) in [4.78, 5) is 12.0. The highest BCUT2D eigenvalue weighted by molar-refractivity contribution is 6.51. The Labute approximate surface area is 135 Å². The van der Waals surface area contributed by atoms with E-state index in [4.69, 9.17) is 32.7 Å². The molecule has 2 unspecified atom stereocenters. The summed E-state index contributed by atoms with van der Waals surface area (Å²) in [7, 11) is 1.36. The molecule has 0 aromatic heterocycles. The zero-order valence-corrected chi connectivity index (χ0v) is 14.2. The third-order valence-corrected chi connectivity index (χ3v) is 4.97. The number of hydrogen-bond donors (Lipinski definition) is 0. The molecule has 1 aromatic carbocycles. The molecule has 1 aromatic rings. The highest BCUT2D eigenvalue weighted by atomic mass is 35.5. The quantitative estimate of drug-likeness (QED) is 0.596. The van der Waals surface area contributed by atoms with Crippen molar-refractivity contribution in [2.24, 2.45) is 5.92 Å². The van der Waals surface area contributed by atoms with Gasteiger partial charge < -0.3 is 9.47 Å². The van der Waals surface area contributed by atoms with Crippen LogP contribution in [-0.2, 0) is 9.53 Å². The molecule has 1 aliphatic carbocycles. The Morgan fingerprint density at radius 3 is 2.24 bits per heavy atom. The largest absolute Gasteiger partial charge is 0.476 e. The average molecular weight is 331 g/mol. The number of esters is 1. The van der Waals surface area contributed by atoms with E-state index in [9.17, 15) is 4.79 Å². The molecule has 0 radical (unpaired) electrons. The van der Waals surface area contributed by atoms with Crippen molar-refractivity contribution in [1.29, 1.82) is 0 Å². The first kappa shape index (κ1) is 16.4. The Morgan fingerprint density at radius 2 is 1.86 bits per heavy atom. The van der Waals surface area contributed by atoms with Gasteiger partial charge in [0.2, 0.25) is 5.60 Å². The number of carbonyl (C=O) groups excluding carboxylic acids is 1. The van der Waals surface area contributed by atoms with Gasteiger partial charge in [-0.1, -0.05) is 26.0 Å². The first-order chi connectivity index (χ1) is 9.70. The number of benzene rings is 1. The average Bonchev–Trinajstić information content (AvgIpc) is 3.07. The molecule has 2 rings (SSSR count). The molecule has 0 amide bonds. The van der Waals surface area contributed by atoms with Gasteiger partial charge in [-0.25, -0.2) is 4.79 Å². The molecule has 21 heavy (non-hydrogen) atoms. The summed E-state index contributed by atoms with van der Waals surface area (Å²) in [6.45, 7) is 5.58. The number of rotatable bonds is 5. The minimum atomic E-state index is -1.02. The van der Waals surface area contributed by atoms with Crippen LogP contribution in [0.5, 0.6) is 5.75 Å². The van der Waals surface area contributed by atoms with Gasteiger partial charge in [0, 0.05) is 11.8 Å². The maximum absolute atomic E-state index is 12.0. The van der Waals surface area contributed by atoms with Crippen molar-refractivity contribution in [3.63, 3.8) is 0 Å². The molecule has 1 saturated carbocycles. The van der Waals surface area contributed by atoms with Crippen LogP contribution in [0.15, 0.2) is 24.3 Å². The number of carbonyl (C=O) groups is 1. The number of methoxy groups -OCH3 is 1. The third kappa shape index (κ3) is 3.29. The van der Waals surface area contributed by atoms with Crippen LogP contribution in [0.25, 0.3) is 0 Å². The molecule has 0 aliphatic heterocycles. The number of alkyl halides is 2. The number of hydrogen-bond acceptors (Lipinski definition) is 3. The zero-order chi connectivity index (χ0) is 15.8. The van der Waals surface area contributed by atoms with E-state index in [2.05, 4.69) is 0 Å². The van der Waals surface area contributed by atoms with Crippen molar-refractivity contribution < 1.29 is 14.3 Å². The summed E-state index contributed by atoms with van der Waals surface area (Å²) in [5, 5.41) is 0. The molecule has 116 valence electrons. The topological polar surface area (TPSA) is 35.5 Å². The summed E-state index contributed by atoms with van der Waals surface area (Å²) in [6, 6.07) is 7.54. The van der Waals surface area contributed by atoms with E-state index in [1.807, 2.05) is 38.1 Å². The maximum atomic E-state index is 12.0. The first-order valence-corrected chi connectivity index (χ1v) is 7.71. The SMILES string of the molecule is COC(=O)C(C)(Oc1ccc(C2CC2(Cl)Cl)cc1)C(C)C. The van der Waals surface area contributed by atoms with Crippen LogP contribution in [0.1, 0.15) is 38.7 Å². The van der Waals surface area contributed by atoms with Crippen LogP contribution in [0.2, 0.25) is 0 Å². The lowest BCUT2D eigenvalue weighted by atomic mass is 9.92. The Balaban J connectivity index is 2.13. The van der Waals surface area contributed by atoms with Gasteiger partial charge >= 0.3 is 5.97 Å². The zero-order valence-electron chi connectivity index (χ0n) is 12.7. The van der Waals surface area contributed by atoms with E-state index in [0.717, 1.165) is 12.0 Å². The lowest BCUT2D eigenvalue weighted by molar-refractivity contribution is -0.161. The second-order valence-electron chi connectivity index (χ2n) is 5.94. The molecule has 0 saturated heterocycles. The predicted molar refractivity (Wildman–Crippen MR) is 84.1 cm³/mol. The number of halogens is 2. The molecular weight excluding hydrogens is 311 g/mol. The highest BCUT2D eigenvalue weighted by Gasteiger charge is 2.52. The lowest BCUT2D eigenvalue weighted by Crippen LogP contribution is -2.47. The molecule has 2 atom stereocenters.